The lowest BCUT2D eigenvalue weighted by Crippen LogP contribution is -2.31. The molecule has 0 saturated heterocycles. The molecule has 200 valence electrons. The number of hydrogen-bond acceptors (Lipinski definition) is 6. The van der Waals surface area contributed by atoms with Gasteiger partial charge in [-0.1, -0.05) is 72.2 Å². The zero-order valence-electron chi connectivity index (χ0n) is 21.7. The minimum absolute atomic E-state index is 0.213. The molecule has 7 nitrogen and oxygen atoms in total. The molecule has 2 N–H and O–H groups in total. The number of aryl methyl sites for hydroxylation is 1. The smallest absolute Gasteiger partial charge is 0.255 e. The Bertz CT molecular complexity index is 1530. The summed E-state index contributed by atoms with van der Waals surface area (Å²) in [5, 5.41) is 12.8. The topological polar surface area (TPSA) is 81.1 Å². The molecule has 10 heteroatoms. The van der Waals surface area contributed by atoms with Crippen LogP contribution >= 0.6 is 35.0 Å². The first-order valence-electron chi connectivity index (χ1n) is 12.4. The molecule has 0 saturated carbocycles. The van der Waals surface area contributed by atoms with Gasteiger partial charge in [0, 0.05) is 27.0 Å². The number of aromatic nitrogens is 3. The third kappa shape index (κ3) is 5.93. The molecule has 1 aromatic heterocycles. The summed E-state index contributed by atoms with van der Waals surface area (Å²) in [6.45, 7) is 6.16. The van der Waals surface area contributed by atoms with Gasteiger partial charge in [0.25, 0.3) is 5.91 Å². The summed E-state index contributed by atoms with van der Waals surface area (Å²) in [5.74, 6) is 1.86. The number of allylic oxidation sites excluding steroid dienone is 1. The number of hydrogen-bond donors (Lipinski definition) is 2. The highest BCUT2D eigenvalue weighted by atomic mass is 35.5. The number of halogens is 2. The third-order valence-electron chi connectivity index (χ3n) is 6.27. The molecule has 0 bridgehead atoms. The normalized spacial score (nSPS) is 14.5. The molecule has 4 aromatic rings. The number of rotatable bonds is 8. The first-order valence-corrected chi connectivity index (χ1v) is 14.2. The Morgan fingerprint density at radius 3 is 2.49 bits per heavy atom. The van der Waals surface area contributed by atoms with E-state index in [1.165, 1.54) is 0 Å². The Hall–Kier alpha value is -3.46. The number of anilines is 2. The van der Waals surface area contributed by atoms with Crippen LogP contribution in [0.5, 0.6) is 5.75 Å². The molecule has 0 spiro atoms. The standard InChI is InChI=1S/C29H27Cl2N5O2S/c1-4-39-29-34-28-32-18(3)25(27(37)33-20-8-5-7-17(2)15-20)26(36(28)35-29)19-11-13-21(14-12-19)38-16-22-23(30)9-6-10-24(22)31/h5-15,26H,4,16H2,1-3H3,(H,33,37)(H,32,34,35). The van der Waals surface area contributed by atoms with E-state index in [9.17, 15) is 4.79 Å². The number of nitrogens with zero attached hydrogens (tertiary/aromatic N) is 3. The van der Waals surface area contributed by atoms with E-state index in [4.69, 9.17) is 33.0 Å². The summed E-state index contributed by atoms with van der Waals surface area (Å²) in [6.07, 6.45) is 0. The van der Waals surface area contributed by atoms with E-state index >= 15 is 0 Å². The van der Waals surface area contributed by atoms with E-state index in [-0.39, 0.29) is 12.5 Å². The Balaban J connectivity index is 1.46. The van der Waals surface area contributed by atoms with Crippen LogP contribution in [-0.4, -0.2) is 26.4 Å². The van der Waals surface area contributed by atoms with E-state index in [0.717, 1.165) is 28.1 Å². The fourth-order valence-corrected chi connectivity index (χ4v) is 5.48. The molecule has 0 radical (unpaired) electrons. The molecule has 5 rings (SSSR count). The number of nitrogens with one attached hydrogen (secondary N) is 2. The van der Waals surface area contributed by atoms with Crippen molar-refractivity contribution in [3.63, 3.8) is 0 Å². The quantitative estimate of drug-likeness (QED) is 0.210. The van der Waals surface area contributed by atoms with Gasteiger partial charge in [0.1, 0.15) is 18.4 Å². The van der Waals surface area contributed by atoms with Crippen molar-refractivity contribution in [2.45, 2.75) is 38.6 Å². The number of ether oxygens (including phenoxy) is 1. The highest BCUT2D eigenvalue weighted by Gasteiger charge is 2.34. The molecule has 1 unspecified atom stereocenters. The van der Waals surface area contributed by atoms with Gasteiger partial charge in [0.15, 0.2) is 0 Å². The minimum Gasteiger partial charge on any atom is -0.489 e. The first kappa shape index (κ1) is 27.1. The molecular weight excluding hydrogens is 553 g/mol. The third-order valence-corrected chi connectivity index (χ3v) is 7.70. The van der Waals surface area contributed by atoms with Crippen molar-refractivity contribution in [1.82, 2.24) is 14.8 Å². The van der Waals surface area contributed by atoms with Crippen molar-refractivity contribution in [1.29, 1.82) is 0 Å². The van der Waals surface area contributed by atoms with Crippen LogP contribution in [0.25, 0.3) is 0 Å². The number of benzene rings is 3. The van der Waals surface area contributed by atoms with E-state index in [1.807, 2.05) is 69.3 Å². The Kier molecular flexibility index (Phi) is 8.16. The molecule has 3 aromatic carbocycles. The van der Waals surface area contributed by atoms with E-state index < -0.39 is 6.04 Å². The van der Waals surface area contributed by atoms with Crippen molar-refractivity contribution in [3.05, 3.63) is 105 Å². The van der Waals surface area contributed by atoms with E-state index in [0.29, 0.717) is 38.2 Å². The fourth-order valence-electron chi connectivity index (χ4n) is 4.42. The summed E-state index contributed by atoms with van der Waals surface area (Å²) in [5.41, 5.74) is 4.65. The monoisotopic (exact) mass is 579 g/mol. The van der Waals surface area contributed by atoms with Crippen LogP contribution in [0.15, 0.2) is 83.2 Å². The van der Waals surface area contributed by atoms with Crippen LogP contribution in [0.2, 0.25) is 10.0 Å². The maximum absolute atomic E-state index is 13.7. The van der Waals surface area contributed by atoms with Gasteiger partial charge in [-0.25, -0.2) is 4.68 Å². The van der Waals surface area contributed by atoms with Crippen molar-refractivity contribution < 1.29 is 9.53 Å². The van der Waals surface area contributed by atoms with Crippen molar-refractivity contribution in [2.75, 3.05) is 16.4 Å². The average molecular weight is 581 g/mol. The van der Waals surface area contributed by atoms with Gasteiger partial charge in [-0.15, -0.1) is 5.10 Å². The SMILES string of the molecule is CCSc1nc2n(n1)C(c1ccc(OCc3c(Cl)cccc3Cl)cc1)C(C(=O)Nc1cccc(C)c1)=C(C)N2. The number of amides is 1. The molecule has 39 heavy (non-hydrogen) atoms. The summed E-state index contributed by atoms with van der Waals surface area (Å²) in [6, 6.07) is 20.2. The predicted molar refractivity (Wildman–Crippen MR) is 158 cm³/mol. The lowest BCUT2D eigenvalue weighted by molar-refractivity contribution is -0.113. The van der Waals surface area contributed by atoms with Crippen LogP contribution in [-0.2, 0) is 11.4 Å². The molecule has 0 aliphatic carbocycles. The number of carbonyl (C=O) groups is 1. The molecule has 1 atom stereocenters. The fraction of sp³-hybridized carbons (Fsp3) is 0.207. The maximum atomic E-state index is 13.7. The lowest BCUT2D eigenvalue weighted by Gasteiger charge is -2.28. The van der Waals surface area contributed by atoms with Crippen LogP contribution in [0.3, 0.4) is 0 Å². The van der Waals surface area contributed by atoms with Crippen molar-refractivity contribution in [3.8, 4) is 5.75 Å². The van der Waals surface area contributed by atoms with E-state index in [1.54, 1.807) is 34.6 Å². The van der Waals surface area contributed by atoms with Crippen molar-refractivity contribution >= 4 is 52.5 Å². The Morgan fingerprint density at radius 2 is 1.79 bits per heavy atom. The van der Waals surface area contributed by atoms with Gasteiger partial charge in [-0.3, -0.25) is 4.79 Å². The second kappa shape index (κ2) is 11.7. The average Bonchev–Trinajstić information content (AvgIpc) is 3.30. The van der Waals surface area contributed by atoms with Crippen LogP contribution in [0, 0.1) is 6.92 Å². The predicted octanol–water partition coefficient (Wildman–Crippen LogP) is 7.51. The summed E-state index contributed by atoms with van der Waals surface area (Å²) >= 11 is 14.1. The zero-order valence-corrected chi connectivity index (χ0v) is 24.0. The van der Waals surface area contributed by atoms with Gasteiger partial charge >= 0.3 is 0 Å². The summed E-state index contributed by atoms with van der Waals surface area (Å²) in [7, 11) is 0. The van der Waals surface area contributed by atoms with Crippen LogP contribution in [0.4, 0.5) is 11.6 Å². The number of thioether (sulfide) groups is 1. The minimum atomic E-state index is -0.489. The maximum Gasteiger partial charge on any atom is 0.255 e. The summed E-state index contributed by atoms with van der Waals surface area (Å²) in [4.78, 5) is 18.3. The van der Waals surface area contributed by atoms with Crippen molar-refractivity contribution in [2.24, 2.45) is 0 Å². The molecule has 1 aliphatic heterocycles. The number of fused-ring (bicyclic) bond motifs is 1. The van der Waals surface area contributed by atoms with Gasteiger partial charge < -0.3 is 15.4 Å². The number of carbonyl (C=O) groups excluding carboxylic acids is 1. The Labute approximate surface area is 241 Å². The van der Waals surface area contributed by atoms with Crippen LogP contribution in [0.1, 0.15) is 36.6 Å². The zero-order chi connectivity index (χ0) is 27.5. The molecular formula is C29H27Cl2N5O2S. The molecule has 2 heterocycles. The highest BCUT2D eigenvalue weighted by molar-refractivity contribution is 7.99. The van der Waals surface area contributed by atoms with Gasteiger partial charge in [0.05, 0.1) is 5.57 Å². The van der Waals surface area contributed by atoms with Gasteiger partial charge in [-0.05, 0) is 67.1 Å². The molecule has 0 fully saturated rings. The van der Waals surface area contributed by atoms with Crippen LogP contribution < -0.4 is 15.4 Å². The lowest BCUT2D eigenvalue weighted by atomic mass is 9.95. The van der Waals surface area contributed by atoms with Gasteiger partial charge in [0.2, 0.25) is 11.1 Å². The first-order chi connectivity index (χ1) is 18.8. The Morgan fingerprint density at radius 1 is 1.08 bits per heavy atom. The van der Waals surface area contributed by atoms with E-state index in [2.05, 4.69) is 15.6 Å². The highest BCUT2D eigenvalue weighted by Crippen LogP contribution is 2.37. The van der Waals surface area contributed by atoms with Gasteiger partial charge in [-0.2, -0.15) is 4.98 Å². The molecule has 1 amide bonds. The second-order valence-corrected chi connectivity index (χ2v) is 11.1. The largest absolute Gasteiger partial charge is 0.489 e. The molecule has 1 aliphatic rings. The summed E-state index contributed by atoms with van der Waals surface area (Å²) < 4.78 is 7.75. The second-order valence-electron chi connectivity index (χ2n) is 9.04.